The Bertz CT molecular complexity index is 963. The van der Waals surface area contributed by atoms with E-state index in [1.54, 1.807) is 12.1 Å². The summed E-state index contributed by atoms with van der Waals surface area (Å²) in [5.41, 5.74) is 3.05. The van der Waals surface area contributed by atoms with Crippen molar-refractivity contribution >= 4 is 5.78 Å². The van der Waals surface area contributed by atoms with Gasteiger partial charge in [-0.2, -0.15) is 0 Å². The van der Waals surface area contributed by atoms with Crippen molar-refractivity contribution in [2.75, 3.05) is 6.61 Å². The second-order valence-corrected chi connectivity index (χ2v) is 7.68. The lowest BCUT2D eigenvalue weighted by molar-refractivity contribution is 0.0929. The molecule has 1 heterocycles. The number of rotatable bonds is 5. The average Bonchev–Trinajstić information content (AvgIpc) is 2.70. The number of hydrogen-bond donors (Lipinski definition) is 4. The Balaban J connectivity index is 0.000000357. The molecular formula is C25H30O6. The summed E-state index contributed by atoms with van der Waals surface area (Å²) in [6, 6.07) is 7.57. The predicted octanol–water partition coefficient (Wildman–Crippen LogP) is 5.40. The van der Waals surface area contributed by atoms with E-state index in [0.29, 0.717) is 12.0 Å². The first-order valence-electron chi connectivity index (χ1n) is 10.2. The van der Waals surface area contributed by atoms with E-state index in [4.69, 9.17) is 14.9 Å². The SMILES string of the molecule is CC(C)=CCC/C(C)=C/Cc1c(O)cc2c(c1O)C(=O)CCO2.Oc1ccccc1O. The minimum atomic E-state index is -0.155. The maximum absolute atomic E-state index is 12.0. The highest BCUT2D eigenvalue weighted by atomic mass is 16.5. The summed E-state index contributed by atoms with van der Waals surface area (Å²) in [5, 5.41) is 37.8. The first-order valence-corrected chi connectivity index (χ1v) is 10.2. The maximum Gasteiger partial charge on any atom is 0.173 e. The molecule has 0 atom stereocenters. The average molecular weight is 427 g/mol. The smallest absolute Gasteiger partial charge is 0.173 e. The standard InChI is InChI=1S/C19H24O4.C6H6O2/c1-12(2)5-4-6-13(3)7-8-14-16(21)11-17-18(19(14)22)15(20)9-10-23-17;7-5-3-1-2-4-6(5)8/h5,7,11,21-22H,4,6,8-10H2,1-3H3;1-4,7-8H/b13-7+;. The number of aromatic hydroxyl groups is 4. The fourth-order valence-electron chi connectivity index (χ4n) is 3.07. The van der Waals surface area contributed by atoms with Crippen LogP contribution in [0.25, 0.3) is 0 Å². The summed E-state index contributed by atoms with van der Waals surface area (Å²) in [7, 11) is 0. The van der Waals surface area contributed by atoms with Gasteiger partial charge in [0, 0.05) is 18.1 Å². The number of benzene rings is 2. The van der Waals surface area contributed by atoms with Crippen LogP contribution in [0.1, 0.15) is 56.0 Å². The number of phenolic OH excluding ortho intramolecular Hbond substituents is 4. The molecule has 0 bridgehead atoms. The summed E-state index contributed by atoms with van der Waals surface area (Å²) in [5.74, 6) is -0.221. The summed E-state index contributed by atoms with van der Waals surface area (Å²) in [4.78, 5) is 12.0. The summed E-state index contributed by atoms with van der Waals surface area (Å²) < 4.78 is 5.35. The van der Waals surface area contributed by atoms with Crippen molar-refractivity contribution in [3.8, 4) is 28.7 Å². The second kappa shape index (κ2) is 11.1. The van der Waals surface area contributed by atoms with Gasteiger partial charge in [-0.15, -0.1) is 0 Å². The first kappa shape index (κ1) is 23.9. The highest BCUT2D eigenvalue weighted by Gasteiger charge is 2.26. The Morgan fingerprint density at radius 1 is 1.00 bits per heavy atom. The Morgan fingerprint density at radius 3 is 2.23 bits per heavy atom. The van der Waals surface area contributed by atoms with Crippen molar-refractivity contribution < 1.29 is 30.0 Å². The molecule has 0 saturated carbocycles. The Kier molecular flexibility index (Phi) is 8.55. The number of Topliss-reactive ketones (excluding diaryl/α,β-unsaturated/α-hetero) is 1. The fraction of sp³-hybridized carbons (Fsp3) is 0.320. The molecule has 0 unspecified atom stereocenters. The van der Waals surface area contributed by atoms with Crippen LogP contribution in [0.4, 0.5) is 0 Å². The van der Waals surface area contributed by atoms with Gasteiger partial charge >= 0.3 is 0 Å². The third kappa shape index (κ3) is 6.81. The second-order valence-electron chi connectivity index (χ2n) is 7.68. The third-order valence-electron chi connectivity index (χ3n) is 4.84. The van der Waals surface area contributed by atoms with Gasteiger partial charge in [0.15, 0.2) is 17.3 Å². The number of carbonyl (C=O) groups is 1. The number of ketones is 1. The lowest BCUT2D eigenvalue weighted by Gasteiger charge is -2.19. The third-order valence-corrected chi connectivity index (χ3v) is 4.84. The van der Waals surface area contributed by atoms with E-state index in [9.17, 15) is 15.0 Å². The molecular weight excluding hydrogens is 396 g/mol. The van der Waals surface area contributed by atoms with E-state index in [2.05, 4.69) is 19.9 Å². The van der Waals surface area contributed by atoms with Crippen LogP contribution < -0.4 is 4.74 Å². The molecule has 0 radical (unpaired) electrons. The molecule has 1 aliphatic rings. The van der Waals surface area contributed by atoms with Crippen LogP contribution in [0.5, 0.6) is 28.7 Å². The molecule has 4 N–H and O–H groups in total. The largest absolute Gasteiger partial charge is 0.507 e. The molecule has 2 aromatic carbocycles. The zero-order valence-corrected chi connectivity index (χ0v) is 18.2. The van der Waals surface area contributed by atoms with Crippen molar-refractivity contribution in [1.82, 2.24) is 0 Å². The molecule has 6 heteroatoms. The van der Waals surface area contributed by atoms with E-state index in [0.717, 1.165) is 12.8 Å². The molecule has 0 fully saturated rings. The van der Waals surface area contributed by atoms with Gasteiger partial charge < -0.3 is 25.2 Å². The van der Waals surface area contributed by atoms with Crippen LogP contribution in [-0.2, 0) is 6.42 Å². The van der Waals surface area contributed by atoms with Gasteiger partial charge in [-0.25, -0.2) is 0 Å². The highest BCUT2D eigenvalue weighted by Crippen LogP contribution is 2.41. The van der Waals surface area contributed by atoms with Crippen LogP contribution in [0, 0.1) is 0 Å². The number of hydrogen-bond acceptors (Lipinski definition) is 6. The Labute approximate surface area is 182 Å². The quantitative estimate of drug-likeness (QED) is 0.377. The molecule has 1 aliphatic heterocycles. The number of phenols is 4. The van der Waals surface area contributed by atoms with Crippen LogP contribution in [0.3, 0.4) is 0 Å². The van der Waals surface area contributed by atoms with Crippen molar-refractivity contribution in [3.63, 3.8) is 0 Å². The van der Waals surface area contributed by atoms with Gasteiger partial charge in [0.1, 0.15) is 22.8 Å². The van der Waals surface area contributed by atoms with Gasteiger partial charge in [-0.3, -0.25) is 4.79 Å². The van der Waals surface area contributed by atoms with E-state index < -0.39 is 0 Å². The number of fused-ring (bicyclic) bond motifs is 1. The fourth-order valence-corrected chi connectivity index (χ4v) is 3.07. The van der Waals surface area contributed by atoms with Crippen LogP contribution in [0.2, 0.25) is 0 Å². The molecule has 2 aromatic rings. The van der Waals surface area contributed by atoms with Crippen molar-refractivity contribution in [3.05, 3.63) is 64.8 Å². The number of para-hydroxylation sites is 2. The minimum absolute atomic E-state index is 0.0377. The molecule has 0 saturated heterocycles. The number of allylic oxidation sites excluding steroid dienone is 4. The zero-order valence-electron chi connectivity index (χ0n) is 18.2. The number of carbonyl (C=O) groups excluding carboxylic acids is 1. The molecule has 0 spiro atoms. The van der Waals surface area contributed by atoms with Gasteiger partial charge in [0.05, 0.1) is 6.61 Å². The molecule has 166 valence electrons. The van der Waals surface area contributed by atoms with E-state index in [-0.39, 0.29) is 53.1 Å². The van der Waals surface area contributed by atoms with Crippen molar-refractivity contribution in [1.29, 1.82) is 0 Å². The van der Waals surface area contributed by atoms with Gasteiger partial charge in [-0.1, -0.05) is 35.4 Å². The first-order chi connectivity index (χ1) is 14.7. The molecule has 3 rings (SSSR count). The molecule has 0 amide bonds. The van der Waals surface area contributed by atoms with E-state index in [1.807, 2.05) is 13.0 Å². The summed E-state index contributed by atoms with van der Waals surface area (Å²) >= 11 is 0. The topological polar surface area (TPSA) is 107 Å². The lowest BCUT2D eigenvalue weighted by atomic mass is 9.97. The Hall–Kier alpha value is -3.41. The van der Waals surface area contributed by atoms with Crippen LogP contribution in [-0.4, -0.2) is 32.8 Å². The zero-order chi connectivity index (χ0) is 23.0. The molecule has 6 nitrogen and oxygen atoms in total. The lowest BCUT2D eigenvalue weighted by Crippen LogP contribution is -2.16. The normalized spacial score (nSPS) is 12.9. The van der Waals surface area contributed by atoms with Crippen molar-refractivity contribution in [2.45, 2.75) is 46.5 Å². The number of ether oxygens (including phenoxy) is 1. The molecule has 0 aliphatic carbocycles. The van der Waals surface area contributed by atoms with E-state index >= 15 is 0 Å². The molecule has 0 aromatic heterocycles. The van der Waals surface area contributed by atoms with Gasteiger partial charge in [0.25, 0.3) is 0 Å². The summed E-state index contributed by atoms with van der Waals surface area (Å²) in [6.45, 7) is 6.45. The highest BCUT2D eigenvalue weighted by molar-refractivity contribution is 6.02. The predicted molar refractivity (Wildman–Crippen MR) is 120 cm³/mol. The van der Waals surface area contributed by atoms with Gasteiger partial charge in [0.2, 0.25) is 0 Å². The monoisotopic (exact) mass is 426 g/mol. The molecule has 31 heavy (non-hydrogen) atoms. The van der Waals surface area contributed by atoms with E-state index in [1.165, 1.54) is 29.3 Å². The Morgan fingerprint density at radius 2 is 1.65 bits per heavy atom. The van der Waals surface area contributed by atoms with Gasteiger partial charge in [-0.05, 0) is 52.2 Å². The summed E-state index contributed by atoms with van der Waals surface area (Å²) in [6.07, 6.45) is 6.70. The maximum atomic E-state index is 12.0. The van der Waals surface area contributed by atoms with Crippen molar-refractivity contribution in [2.24, 2.45) is 0 Å². The minimum Gasteiger partial charge on any atom is -0.507 e. The van der Waals surface area contributed by atoms with Crippen LogP contribution >= 0.6 is 0 Å². The van der Waals surface area contributed by atoms with Crippen LogP contribution in [0.15, 0.2) is 53.6 Å².